The average Bonchev–Trinajstić information content (AvgIpc) is 2.98. The molecule has 1 aromatic heterocycles. The number of Topliss-reactive ketones (excluding diaryl/α,β-unsaturated/α-hetero) is 1. The summed E-state index contributed by atoms with van der Waals surface area (Å²) < 4.78 is 22.6. The van der Waals surface area contributed by atoms with E-state index in [9.17, 15) is 19.5 Å². The van der Waals surface area contributed by atoms with Gasteiger partial charge in [-0.2, -0.15) is 5.10 Å². The molecule has 2 atom stereocenters. The number of hydrogen-bond acceptors (Lipinski definition) is 6. The number of ketones is 1. The number of halogens is 1. The Labute approximate surface area is 284 Å². The van der Waals surface area contributed by atoms with Crippen molar-refractivity contribution in [2.75, 3.05) is 26.7 Å². The lowest BCUT2D eigenvalue weighted by Crippen LogP contribution is -2.52. The number of carboxylic acid groups (broad SMARTS) is 1. The third-order valence-electron chi connectivity index (χ3n) is 9.88. The van der Waals surface area contributed by atoms with Crippen LogP contribution in [0, 0.1) is 53.3 Å². The van der Waals surface area contributed by atoms with Gasteiger partial charge in [0.1, 0.15) is 11.9 Å². The summed E-state index contributed by atoms with van der Waals surface area (Å²) in [6.45, 7) is 17.9. The number of carbonyl (C=O) groups is 2. The second-order valence-corrected chi connectivity index (χ2v) is 14.2. The molecule has 0 bridgehead atoms. The number of aryl methyl sites for hydroxylation is 4. The van der Waals surface area contributed by atoms with Crippen molar-refractivity contribution in [2.45, 2.75) is 106 Å². The molecule has 3 aromatic rings. The van der Waals surface area contributed by atoms with E-state index in [1.165, 1.54) is 4.68 Å². The fourth-order valence-electron chi connectivity index (χ4n) is 7.12. The highest BCUT2D eigenvalue weighted by Crippen LogP contribution is 2.36. The van der Waals surface area contributed by atoms with Gasteiger partial charge in [0.25, 0.3) is 5.56 Å². The number of methoxy groups -OCH3 is 1. The third kappa shape index (κ3) is 8.47. The minimum absolute atomic E-state index is 0.0107. The molecular weight excluding hydrogens is 609 g/mol. The van der Waals surface area contributed by atoms with Crippen LogP contribution in [-0.2, 0) is 20.7 Å². The fourth-order valence-corrected chi connectivity index (χ4v) is 7.12. The second kappa shape index (κ2) is 15.7. The van der Waals surface area contributed by atoms with Gasteiger partial charge >= 0.3 is 5.97 Å². The molecule has 0 radical (unpaired) electrons. The molecule has 9 heteroatoms. The van der Waals surface area contributed by atoms with Crippen LogP contribution in [0.1, 0.15) is 96.1 Å². The largest absolute Gasteiger partial charge is 0.481 e. The van der Waals surface area contributed by atoms with Gasteiger partial charge in [-0.1, -0.05) is 31.5 Å². The first-order valence-corrected chi connectivity index (χ1v) is 17.1. The lowest BCUT2D eigenvalue weighted by atomic mass is 9.84. The van der Waals surface area contributed by atoms with Crippen LogP contribution < -0.4 is 5.56 Å². The zero-order chi connectivity index (χ0) is 35.4. The molecule has 4 rings (SSSR count). The number of ether oxygens (including phenoxy) is 1. The lowest BCUT2D eigenvalue weighted by Gasteiger charge is -2.38. The maximum atomic E-state index is 15.8. The van der Waals surface area contributed by atoms with Crippen molar-refractivity contribution in [3.63, 3.8) is 0 Å². The quantitative estimate of drug-likeness (QED) is 0.188. The number of nitrogens with zero attached hydrogens (tertiary/aromatic N) is 3. The van der Waals surface area contributed by atoms with Gasteiger partial charge in [-0.25, -0.2) is 9.07 Å². The van der Waals surface area contributed by atoms with E-state index in [-0.39, 0.29) is 42.6 Å². The highest BCUT2D eigenvalue weighted by atomic mass is 19.1. The first kappa shape index (κ1) is 37.1. The Kier molecular flexibility index (Phi) is 12.1. The first-order valence-electron chi connectivity index (χ1n) is 17.1. The van der Waals surface area contributed by atoms with Crippen LogP contribution >= 0.6 is 0 Å². The number of aliphatic carboxylic acids is 1. The van der Waals surface area contributed by atoms with Gasteiger partial charge in [0, 0.05) is 45.1 Å². The summed E-state index contributed by atoms with van der Waals surface area (Å²) in [4.78, 5) is 42.0. The smallest absolute Gasteiger partial charge is 0.303 e. The van der Waals surface area contributed by atoms with E-state index in [4.69, 9.17) is 9.84 Å². The molecule has 48 heavy (non-hydrogen) atoms. The summed E-state index contributed by atoms with van der Waals surface area (Å²) in [6, 6.07) is 6.92. The average molecular weight is 662 g/mol. The van der Waals surface area contributed by atoms with Gasteiger partial charge < -0.3 is 9.84 Å². The highest BCUT2D eigenvalue weighted by molar-refractivity contribution is 5.82. The maximum absolute atomic E-state index is 15.8. The summed E-state index contributed by atoms with van der Waals surface area (Å²) in [5.74, 6) is -2.35. The summed E-state index contributed by atoms with van der Waals surface area (Å²) in [5.41, 5.74) is 7.69. The Morgan fingerprint density at radius 1 is 1.00 bits per heavy atom. The zero-order valence-corrected chi connectivity index (χ0v) is 30.1. The van der Waals surface area contributed by atoms with Crippen molar-refractivity contribution in [1.29, 1.82) is 0 Å². The maximum Gasteiger partial charge on any atom is 0.303 e. The Morgan fingerprint density at radius 2 is 1.65 bits per heavy atom. The fraction of sp³-hybridized carbons (Fsp3) is 0.538. The van der Waals surface area contributed by atoms with E-state index in [0.29, 0.717) is 29.5 Å². The molecule has 260 valence electrons. The predicted octanol–water partition coefficient (Wildman–Crippen LogP) is 6.97. The zero-order valence-electron chi connectivity index (χ0n) is 30.1. The van der Waals surface area contributed by atoms with E-state index >= 15 is 4.39 Å². The number of rotatable bonds is 15. The van der Waals surface area contributed by atoms with Gasteiger partial charge in [0.15, 0.2) is 5.78 Å². The topological polar surface area (TPSA) is 102 Å². The SMILES string of the molecule is COC1CN(CCc2nn([C@@H](CC(C)C)C(=O)CC[C@@H](CC(=O)O)c3cc(-c4c(C)cc(C)cc4C)cc(C)c3F)c(=O)c(C)c2C)C1. The van der Waals surface area contributed by atoms with Crippen LogP contribution in [0.5, 0.6) is 0 Å². The van der Waals surface area contributed by atoms with E-state index < -0.39 is 23.7 Å². The summed E-state index contributed by atoms with van der Waals surface area (Å²) in [5, 5.41) is 14.6. The van der Waals surface area contributed by atoms with Crippen LogP contribution in [0.3, 0.4) is 0 Å². The first-order chi connectivity index (χ1) is 22.6. The molecule has 1 aliphatic rings. The molecule has 1 aliphatic heterocycles. The number of carbonyl (C=O) groups excluding carboxylic acids is 1. The van der Waals surface area contributed by atoms with E-state index in [1.54, 1.807) is 33.1 Å². The Morgan fingerprint density at radius 3 is 2.23 bits per heavy atom. The van der Waals surface area contributed by atoms with Gasteiger partial charge in [0.05, 0.1) is 18.2 Å². The highest BCUT2D eigenvalue weighted by Gasteiger charge is 2.30. The molecule has 1 fully saturated rings. The van der Waals surface area contributed by atoms with Crippen molar-refractivity contribution in [3.05, 3.63) is 85.1 Å². The monoisotopic (exact) mass is 661 g/mol. The second-order valence-electron chi connectivity index (χ2n) is 14.2. The normalized spacial score (nSPS) is 15.1. The predicted molar refractivity (Wildman–Crippen MR) is 187 cm³/mol. The van der Waals surface area contributed by atoms with Crippen molar-refractivity contribution in [2.24, 2.45) is 5.92 Å². The van der Waals surface area contributed by atoms with Crippen LogP contribution in [0.2, 0.25) is 0 Å². The minimum Gasteiger partial charge on any atom is -0.481 e. The Bertz CT molecular complexity index is 1700. The van der Waals surface area contributed by atoms with Crippen molar-refractivity contribution >= 4 is 11.8 Å². The molecule has 0 spiro atoms. The third-order valence-corrected chi connectivity index (χ3v) is 9.88. The van der Waals surface area contributed by atoms with Gasteiger partial charge in [-0.15, -0.1) is 0 Å². The van der Waals surface area contributed by atoms with Crippen molar-refractivity contribution in [1.82, 2.24) is 14.7 Å². The Balaban J connectivity index is 1.64. The lowest BCUT2D eigenvalue weighted by molar-refractivity contribution is -0.137. The van der Waals surface area contributed by atoms with Crippen LogP contribution in [-0.4, -0.2) is 64.4 Å². The molecule has 8 nitrogen and oxygen atoms in total. The Hall–Kier alpha value is -3.69. The molecule has 0 amide bonds. The summed E-state index contributed by atoms with van der Waals surface area (Å²) in [7, 11) is 1.71. The van der Waals surface area contributed by atoms with Crippen LogP contribution in [0.25, 0.3) is 11.1 Å². The number of benzene rings is 2. The van der Waals surface area contributed by atoms with E-state index in [2.05, 4.69) is 17.0 Å². The summed E-state index contributed by atoms with van der Waals surface area (Å²) >= 11 is 0. The van der Waals surface area contributed by atoms with Crippen molar-refractivity contribution < 1.29 is 23.8 Å². The van der Waals surface area contributed by atoms with Gasteiger partial charge in [-0.05, 0) is 117 Å². The number of carboxylic acids is 1. The molecular formula is C39H52FN3O5. The molecule has 0 aliphatic carbocycles. The van der Waals surface area contributed by atoms with Gasteiger partial charge in [0.2, 0.25) is 0 Å². The molecule has 2 heterocycles. The molecule has 0 unspecified atom stereocenters. The van der Waals surface area contributed by atoms with Crippen LogP contribution in [0.15, 0.2) is 29.1 Å². The minimum atomic E-state index is -1.06. The van der Waals surface area contributed by atoms with Gasteiger partial charge in [-0.3, -0.25) is 19.3 Å². The van der Waals surface area contributed by atoms with Crippen LogP contribution in [0.4, 0.5) is 4.39 Å². The molecule has 1 saturated heterocycles. The van der Waals surface area contributed by atoms with E-state index in [1.807, 2.05) is 41.5 Å². The summed E-state index contributed by atoms with van der Waals surface area (Å²) in [6.07, 6.45) is 1.09. The van der Waals surface area contributed by atoms with Crippen molar-refractivity contribution in [3.8, 4) is 11.1 Å². The molecule has 2 aromatic carbocycles. The molecule has 1 N–H and O–H groups in total. The number of likely N-dealkylation sites (tertiary alicyclic amines) is 1. The standard InChI is InChI=1S/C39H52FN3O5/c1-22(2)14-34(43-39(47)28(8)27(7)33(41-43)12-13-42-20-31(21-42)48-9)35(44)11-10-29(19-36(45)46)32-18-30(17-26(6)38(32)40)37-24(4)15-23(3)16-25(37)5/h15-18,22,29,31,34H,10-14,19-21H2,1-9H3,(H,45,46)/t29-,34-/m0/s1. The number of aromatic nitrogens is 2. The number of hydrogen-bond donors (Lipinski definition) is 1. The molecule has 0 saturated carbocycles. The van der Waals surface area contributed by atoms with E-state index in [0.717, 1.165) is 58.7 Å².